The first-order chi connectivity index (χ1) is 11.6. The number of likely N-dealkylation sites (N-methyl/N-ethyl adjacent to an activating group) is 1. The van der Waals surface area contributed by atoms with E-state index in [1.165, 1.54) is 5.56 Å². The first kappa shape index (κ1) is 18.5. The molecule has 2 amide bonds. The Hall–Kier alpha value is -1.88. The minimum atomic E-state index is 0.0220. The van der Waals surface area contributed by atoms with Crippen LogP contribution in [-0.2, 0) is 16.0 Å². The number of aryl methyl sites for hydroxylation is 1. The molecule has 1 aliphatic heterocycles. The van der Waals surface area contributed by atoms with Crippen molar-refractivity contribution in [2.45, 2.75) is 38.1 Å². The van der Waals surface area contributed by atoms with Gasteiger partial charge in [0.1, 0.15) is 0 Å². The van der Waals surface area contributed by atoms with Crippen molar-refractivity contribution in [2.24, 2.45) is 0 Å². The Morgan fingerprint density at radius 2 is 2.00 bits per heavy atom. The zero-order chi connectivity index (χ0) is 17.4. The van der Waals surface area contributed by atoms with Crippen molar-refractivity contribution in [3.8, 4) is 0 Å². The number of amides is 2. The summed E-state index contributed by atoms with van der Waals surface area (Å²) >= 11 is 0. The van der Waals surface area contributed by atoms with Crippen molar-refractivity contribution in [1.29, 1.82) is 0 Å². The third-order valence-corrected chi connectivity index (χ3v) is 4.52. The second kappa shape index (κ2) is 9.42. The van der Waals surface area contributed by atoms with Crippen LogP contribution in [0.15, 0.2) is 30.3 Å². The molecule has 2 rings (SSSR count). The predicted octanol–water partition coefficient (Wildman–Crippen LogP) is 1.68. The van der Waals surface area contributed by atoms with Gasteiger partial charge in [-0.05, 0) is 37.8 Å². The number of benzene rings is 1. The van der Waals surface area contributed by atoms with Gasteiger partial charge < -0.3 is 10.2 Å². The van der Waals surface area contributed by atoms with Crippen molar-refractivity contribution < 1.29 is 9.59 Å². The molecule has 0 aromatic heterocycles. The van der Waals surface area contributed by atoms with Gasteiger partial charge in [-0.1, -0.05) is 30.3 Å². The highest BCUT2D eigenvalue weighted by atomic mass is 16.2. The first-order valence-electron chi connectivity index (χ1n) is 8.84. The molecular weight excluding hydrogens is 302 g/mol. The van der Waals surface area contributed by atoms with Gasteiger partial charge in [0.25, 0.3) is 0 Å². The Balaban J connectivity index is 1.62. The fraction of sp³-hybridized carbons (Fsp3) is 0.579. The molecule has 1 aliphatic rings. The molecule has 5 heteroatoms. The maximum absolute atomic E-state index is 12.1. The van der Waals surface area contributed by atoms with Crippen LogP contribution in [0.5, 0.6) is 0 Å². The van der Waals surface area contributed by atoms with E-state index in [0.717, 1.165) is 38.8 Å². The molecule has 1 aromatic carbocycles. The van der Waals surface area contributed by atoms with Gasteiger partial charge in [-0.25, -0.2) is 0 Å². The molecule has 1 N–H and O–H groups in total. The van der Waals surface area contributed by atoms with Crippen molar-refractivity contribution in [1.82, 2.24) is 15.1 Å². The number of nitrogens with one attached hydrogen (secondary N) is 1. The van der Waals surface area contributed by atoms with E-state index in [1.54, 1.807) is 4.90 Å². The topological polar surface area (TPSA) is 52.7 Å². The number of nitrogens with zero attached hydrogens (tertiary/aromatic N) is 2. The van der Waals surface area contributed by atoms with E-state index in [9.17, 15) is 9.59 Å². The zero-order valence-electron chi connectivity index (χ0n) is 14.8. The van der Waals surface area contributed by atoms with E-state index in [4.69, 9.17) is 0 Å². The predicted molar refractivity (Wildman–Crippen MR) is 95.7 cm³/mol. The maximum atomic E-state index is 12.1. The molecule has 0 aliphatic carbocycles. The van der Waals surface area contributed by atoms with Crippen LogP contribution in [-0.4, -0.2) is 61.4 Å². The van der Waals surface area contributed by atoms with Gasteiger partial charge >= 0.3 is 0 Å². The van der Waals surface area contributed by atoms with Crippen LogP contribution in [0.4, 0.5) is 0 Å². The van der Waals surface area contributed by atoms with Crippen molar-refractivity contribution >= 4 is 11.8 Å². The molecule has 132 valence electrons. The first-order valence-corrected chi connectivity index (χ1v) is 8.84. The second-order valence-corrected chi connectivity index (χ2v) is 6.62. The third-order valence-electron chi connectivity index (χ3n) is 4.52. The fourth-order valence-corrected chi connectivity index (χ4v) is 3.17. The van der Waals surface area contributed by atoms with Gasteiger partial charge in [-0.3, -0.25) is 14.5 Å². The monoisotopic (exact) mass is 331 g/mol. The fourth-order valence-electron chi connectivity index (χ4n) is 3.17. The number of hydrogen-bond donors (Lipinski definition) is 1. The van der Waals surface area contributed by atoms with Crippen LogP contribution < -0.4 is 5.32 Å². The van der Waals surface area contributed by atoms with Crippen LogP contribution in [0, 0.1) is 0 Å². The summed E-state index contributed by atoms with van der Waals surface area (Å²) in [6.07, 6.45) is 4.20. The third kappa shape index (κ3) is 5.64. The number of likely N-dealkylation sites (tertiary alicyclic amines) is 1. The van der Waals surface area contributed by atoms with Gasteiger partial charge in [0.15, 0.2) is 0 Å². The Labute approximate surface area is 145 Å². The van der Waals surface area contributed by atoms with Crippen LogP contribution >= 0.6 is 0 Å². The lowest BCUT2D eigenvalue weighted by atomic mass is 10.1. The molecule has 0 unspecified atom stereocenters. The van der Waals surface area contributed by atoms with Gasteiger partial charge in [0.05, 0.1) is 6.04 Å². The summed E-state index contributed by atoms with van der Waals surface area (Å²) < 4.78 is 0. The van der Waals surface area contributed by atoms with E-state index in [0.29, 0.717) is 13.0 Å². The summed E-state index contributed by atoms with van der Waals surface area (Å²) in [5.74, 6) is 0.292. The van der Waals surface area contributed by atoms with E-state index in [2.05, 4.69) is 10.2 Å². The molecule has 0 bridgehead atoms. The highest BCUT2D eigenvalue weighted by Crippen LogP contribution is 2.18. The molecule has 5 nitrogen and oxygen atoms in total. The smallest absolute Gasteiger partial charge is 0.239 e. The van der Waals surface area contributed by atoms with Crippen LogP contribution in [0.2, 0.25) is 0 Å². The summed E-state index contributed by atoms with van der Waals surface area (Å²) in [5, 5.41) is 2.98. The van der Waals surface area contributed by atoms with Gasteiger partial charge in [-0.15, -0.1) is 0 Å². The summed E-state index contributed by atoms with van der Waals surface area (Å²) in [6.45, 7) is 2.52. The minimum Gasteiger partial charge on any atom is -0.356 e. The summed E-state index contributed by atoms with van der Waals surface area (Å²) in [4.78, 5) is 27.9. The van der Waals surface area contributed by atoms with Crippen molar-refractivity contribution in [3.05, 3.63) is 35.9 Å². The summed E-state index contributed by atoms with van der Waals surface area (Å²) in [6, 6.07) is 10.1. The summed E-state index contributed by atoms with van der Waals surface area (Å²) in [7, 11) is 3.62. The Morgan fingerprint density at radius 3 is 2.71 bits per heavy atom. The zero-order valence-corrected chi connectivity index (χ0v) is 14.8. The summed E-state index contributed by atoms with van der Waals surface area (Å²) in [5.41, 5.74) is 1.19. The number of hydrogen-bond acceptors (Lipinski definition) is 3. The second-order valence-electron chi connectivity index (χ2n) is 6.62. The standard InChI is InChI=1S/C19H29N3O2/c1-21(2)19(24)17-10-6-14-22(17)15-7-13-20-18(23)12-11-16-8-4-3-5-9-16/h3-5,8-9,17H,6-7,10-15H2,1-2H3,(H,20,23)/t17-/m1/s1. The average molecular weight is 331 g/mol. The molecule has 1 atom stereocenters. The number of carbonyl (C=O) groups is 2. The minimum absolute atomic E-state index is 0.0220. The highest BCUT2D eigenvalue weighted by molar-refractivity contribution is 5.81. The van der Waals surface area contributed by atoms with E-state index in [-0.39, 0.29) is 17.9 Å². The number of rotatable bonds is 8. The molecular formula is C19H29N3O2. The Kier molecular flexibility index (Phi) is 7.25. The van der Waals surface area contributed by atoms with Crippen molar-refractivity contribution in [3.63, 3.8) is 0 Å². The van der Waals surface area contributed by atoms with Crippen LogP contribution in [0.1, 0.15) is 31.2 Å². The normalized spacial score (nSPS) is 17.7. The lowest BCUT2D eigenvalue weighted by Crippen LogP contribution is -2.43. The molecule has 0 spiro atoms. The quantitative estimate of drug-likeness (QED) is 0.738. The van der Waals surface area contributed by atoms with Gasteiger partial charge in [0, 0.05) is 33.6 Å². The van der Waals surface area contributed by atoms with Gasteiger partial charge in [-0.2, -0.15) is 0 Å². The van der Waals surface area contributed by atoms with Gasteiger partial charge in [0.2, 0.25) is 11.8 Å². The maximum Gasteiger partial charge on any atom is 0.239 e. The van der Waals surface area contributed by atoms with E-state index >= 15 is 0 Å². The molecule has 0 saturated carbocycles. The largest absolute Gasteiger partial charge is 0.356 e. The van der Waals surface area contributed by atoms with Crippen LogP contribution in [0.3, 0.4) is 0 Å². The highest BCUT2D eigenvalue weighted by Gasteiger charge is 2.30. The molecule has 1 heterocycles. The van der Waals surface area contributed by atoms with Crippen LogP contribution in [0.25, 0.3) is 0 Å². The van der Waals surface area contributed by atoms with Crippen molar-refractivity contribution in [2.75, 3.05) is 33.7 Å². The van der Waals surface area contributed by atoms with E-state index in [1.807, 2.05) is 44.4 Å². The lowest BCUT2D eigenvalue weighted by molar-refractivity contribution is -0.133. The molecule has 24 heavy (non-hydrogen) atoms. The molecule has 1 saturated heterocycles. The Morgan fingerprint density at radius 1 is 1.25 bits per heavy atom. The SMILES string of the molecule is CN(C)C(=O)[C@H]1CCCN1CCCNC(=O)CCc1ccccc1. The Bertz CT molecular complexity index is 531. The molecule has 1 fully saturated rings. The number of carbonyl (C=O) groups excluding carboxylic acids is 2. The lowest BCUT2D eigenvalue weighted by Gasteiger charge is -2.26. The van der Waals surface area contributed by atoms with E-state index < -0.39 is 0 Å². The molecule has 0 radical (unpaired) electrons. The average Bonchev–Trinajstić information content (AvgIpc) is 3.05. The molecule has 1 aromatic rings.